The smallest absolute Gasteiger partial charge is 0.214 e. The van der Waals surface area contributed by atoms with Gasteiger partial charge in [-0.25, -0.2) is 4.98 Å². The van der Waals surface area contributed by atoms with Crippen molar-refractivity contribution >= 4 is 15.9 Å². The van der Waals surface area contributed by atoms with Gasteiger partial charge in [0.25, 0.3) is 0 Å². The van der Waals surface area contributed by atoms with Crippen molar-refractivity contribution in [2.45, 2.75) is 20.0 Å². The van der Waals surface area contributed by atoms with E-state index in [1.807, 2.05) is 44.2 Å². The summed E-state index contributed by atoms with van der Waals surface area (Å²) in [5, 5.41) is 0. The molecule has 0 unspecified atom stereocenters. The third kappa shape index (κ3) is 2.48. The van der Waals surface area contributed by atoms with Gasteiger partial charge >= 0.3 is 0 Å². The van der Waals surface area contributed by atoms with Crippen molar-refractivity contribution in [3.05, 3.63) is 34.8 Å². The topological polar surface area (TPSA) is 22.1 Å². The molecule has 0 saturated carbocycles. The summed E-state index contributed by atoms with van der Waals surface area (Å²) in [6.07, 6.45) is 0.159. The molecular formula is C12H12BrNO. The molecule has 1 aliphatic heterocycles. The van der Waals surface area contributed by atoms with Gasteiger partial charge in [0.05, 0.1) is 11.8 Å². The van der Waals surface area contributed by atoms with Crippen LogP contribution in [0.1, 0.15) is 13.8 Å². The van der Waals surface area contributed by atoms with Gasteiger partial charge in [0.2, 0.25) is 5.88 Å². The summed E-state index contributed by atoms with van der Waals surface area (Å²) in [4.78, 5) is 4.40. The Morgan fingerprint density at radius 2 is 2.07 bits per heavy atom. The van der Waals surface area contributed by atoms with Gasteiger partial charge in [0.15, 0.2) is 0 Å². The second kappa shape index (κ2) is 4.19. The van der Waals surface area contributed by atoms with Crippen LogP contribution < -0.4 is 4.74 Å². The molecular weight excluding hydrogens is 254 g/mol. The molecule has 15 heavy (non-hydrogen) atoms. The first-order chi connectivity index (χ1) is 7.15. The molecule has 78 valence electrons. The number of ether oxygens (including phenoxy) is 1. The number of rotatable bonds is 2. The Balaban J connectivity index is 2.42. The molecule has 0 bridgehead atoms. The number of aromatic nitrogens is 1. The van der Waals surface area contributed by atoms with Crippen molar-refractivity contribution in [2.75, 3.05) is 0 Å². The number of nitrogens with zero attached hydrogens (tertiary/aromatic N) is 1. The highest BCUT2D eigenvalue weighted by atomic mass is 79.9. The zero-order valence-corrected chi connectivity index (χ0v) is 10.3. The molecule has 0 atom stereocenters. The van der Waals surface area contributed by atoms with E-state index in [1.54, 1.807) is 0 Å². The van der Waals surface area contributed by atoms with E-state index in [0.717, 1.165) is 15.7 Å². The lowest BCUT2D eigenvalue weighted by Crippen LogP contribution is -2.05. The molecule has 0 N–H and O–H groups in total. The Morgan fingerprint density at radius 3 is 2.80 bits per heavy atom. The molecule has 2 rings (SSSR count). The van der Waals surface area contributed by atoms with Crippen LogP contribution in [0.3, 0.4) is 0 Å². The Bertz CT molecular complexity index is 442. The second-order valence-corrected chi connectivity index (χ2v) is 4.57. The summed E-state index contributed by atoms with van der Waals surface area (Å²) in [7, 11) is 0. The van der Waals surface area contributed by atoms with E-state index < -0.39 is 0 Å². The van der Waals surface area contributed by atoms with Gasteiger partial charge in [-0.3, -0.25) is 0 Å². The Kier molecular flexibility index (Phi) is 2.91. The van der Waals surface area contributed by atoms with Crippen LogP contribution in [0.25, 0.3) is 11.3 Å². The summed E-state index contributed by atoms with van der Waals surface area (Å²) in [6.45, 7) is 3.99. The Labute approximate surface area is 97.8 Å². The summed E-state index contributed by atoms with van der Waals surface area (Å²) in [5.41, 5.74) is 2.04. The third-order valence-electron chi connectivity index (χ3n) is 1.97. The zero-order valence-electron chi connectivity index (χ0n) is 8.70. The lowest BCUT2D eigenvalue weighted by atomic mass is 10.2. The van der Waals surface area contributed by atoms with Gasteiger partial charge < -0.3 is 4.74 Å². The molecule has 1 aliphatic carbocycles. The molecule has 0 fully saturated rings. The summed E-state index contributed by atoms with van der Waals surface area (Å²) >= 11 is 3.44. The van der Waals surface area contributed by atoms with Crippen LogP contribution in [0.2, 0.25) is 0 Å². The van der Waals surface area contributed by atoms with E-state index in [-0.39, 0.29) is 6.10 Å². The van der Waals surface area contributed by atoms with Crippen LogP contribution in [-0.2, 0) is 0 Å². The number of halogens is 1. The van der Waals surface area contributed by atoms with E-state index in [1.165, 1.54) is 0 Å². The van der Waals surface area contributed by atoms with Crippen molar-refractivity contribution < 1.29 is 4.74 Å². The maximum absolute atomic E-state index is 5.54. The molecule has 0 aromatic heterocycles. The zero-order chi connectivity index (χ0) is 10.8. The first-order valence-electron chi connectivity index (χ1n) is 4.88. The molecule has 3 heteroatoms. The molecule has 2 nitrogen and oxygen atoms in total. The predicted molar refractivity (Wildman–Crippen MR) is 64.3 cm³/mol. The Morgan fingerprint density at radius 1 is 1.27 bits per heavy atom. The molecule has 0 amide bonds. The Hall–Kier alpha value is -1.09. The van der Waals surface area contributed by atoms with Gasteiger partial charge in [0, 0.05) is 16.1 Å². The third-order valence-corrected chi connectivity index (χ3v) is 2.46. The fourth-order valence-corrected chi connectivity index (χ4v) is 1.77. The minimum Gasteiger partial charge on any atom is -0.475 e. The minimum atomic E-state index is 0.159. The van der Waals surface area contributed by atoms with Gasteiger partial charge in [0.1, 0.15) is 0 Å². The summed E-state index contributed by atoms with van der Waals surface area (Å²) < 4.78 is 6.56. The fraction of sp³-hybridized carbons (Fsp3) is 0.250. The van der Waals surface area contributed by atoms with Crippen LogP contribution in [0, 0.1) is 0 Å². The van der Waals surface area contributed by atoms with E-state index in [9.17, 15) is 0 Å². The standard InChI is InChI=1S/C12H12BrNO/c1-8(2)15-12-6-9-4-3-5-10(13)7-11(9)14-12/h3-8H,1-2H3. The van der Waals surface area contributed by atoms with E-state index >= 15 is 0 Å². The lowest BCUT2D eigenvalue weighted by Gasteiger charge is -2.04. The number of hydrogen-bond acceptors (Lipinski definition) is 2. The van der Waals surface area contributed by atoms with Crippen LogP contribution in [0.4, 0.5) is 0 Å². The predicted octanol–water partition coefficient (Wildman–Crippen LogP) is 3.74. The quantitative estimate of drug-likeness (QED) is 0.826. The molecule has 0 saturated heterocycles. The van der Waals surface area contributed by atoms with Gasteiger partial charge in [-0.15, -0.1) is 0 Å². The molecule has 0 aromatic rings. The molecule has 0 aromatic carbocycles. The summed E-state index contributed by atoms with van der Waals surface area (Å²) in [5.74, 6) is 0.693. The first kappa shape index (κ1) is 10.4. The number of fused-ring (bicyclic) bond motifs is 1. The maximum atomic E-state index is 5.54. The molecule has 1 heterocycles. The molecule has 0 radical (unpaired) electrons. The minimum absolute atomic E-state index is 0.159. The van der Waals surface area contributed by atoms with Crippen molar-refractivity contribution in [1.29, 1.82) is 0 Å². The largest absolute Gasteiger partial charge is 0.475 e. The second-order valence-electron chi connectivity index (χ2n) is 3.66. The first-order valence-corrected chi connectivity index (χ1v) is 5.67. The fourth-order valence-electron chi connectivity index (χ4n) is 1.40. The van der Waals surface area contributed by atoms with Crippen molar-refractivity contribution in [1.82, 2.24) is 4.98 Å². The van der Waals surface area contributed by atoms with Crippen LogP contribution in [-0.4, -0.2) is 11.1 Å². The van der Waals surface area contributed by atoms with Crippen molar-refractivity contribution in [2.24, 2.45) is 0 Å². The van der Waals surface area contributed by atoms with E-state index in [0.29, 0.717) is 5.88 Å². The van der Waals surface area contributed by atoms with Crippen LogP contribution >= 0.6 is 15.9 Å². The van der Waals surface area contributed by atoms with E-state index in [2.05, 4.69) is 20.9 Å². The highest BCUT2D eigenvalue weighted by Crippen LogP contribution is 2.28. The monoisotopic (exact) mass is 265 g/mol. The van der Waals surface area contributed by atoms with Gasteiger partial charge in [-0.05, 0) is 26.0 Å². The normalized spacial score (nSPS) is 10.9. The van der Waals surface area contributed by atoms with Crippen LogP contribution in [0.5, 0.6) is 5.88 Å². The highest BCUT2D eigenvalue weighted by Gasteiger charge is 2.09. The SMILES string of the molecule is CC(C)Oc1cc2cccc(Br)cc-2n1. The van der Waals surface area contributed by atoms with Crippen LogP contribution in [0.15, 0.2) is 34.8 Å². The lowest BCUT2D eigenvalue weighted by molar-refractivity contribution is 0.234. The average molecular weight is 266 g/mol. The molecule has 0 spiro atoms. The highest BCUT2D eigenvalue weighted by molar-refractivity contribution is 9.10. The average Bonchev–Trinajstić information content (AvgIpc) is 2.38. The van der Waals surface area contributed by atoms with Crippen molar-refractivity contribution in [3.8, 4) is 17.1 Å². The van der Waals surface area contributed by atoms with Gasteiger partial charge in [-0.1, -0.05) is 28.1 Å². The number of hydrogen-bond donors (Lipinski definition) is 0. The molecule has 2 aliphatic rings. The summed E-state index contributed by atoms with van der Waals surface area (Å²) in [6, 6.07) is 9.96. The maximum Gasteiger partial charge on any atom is 0.214 e. The van der Waals surface area contributed by atoms with E-state index in [4.69, 9.17) is 4.74 Å². The van der Waals surface area contributed by atoms with Crippen molar-refractivity contribution in [3.63, 3.8) is 0 Å². The van der Waals surface area contributed by atoms with Gasteiger partial charge in [-0.2, -0.15) is 0 Å².